The Morgan fingerprint density at radius 2 is 1.42 bits per heavy atom. The van der Waals surface area contributed by atoms with Crippen molar-refractivity contribution in [1.29, 1.82) is 0 Å². The Morgan fingerprint density at radius 1 is 0.947 bits per heavy atom. The molecule has 0 saturated carbocycles. The van der Waals surface area contributed by atoms with Crippen LogP contribution >= 0.6 is 0 Å². The zero-order chi connectivity index (χ0) is 14.5. The molecule has 0 bridgehead atoms. The fraction of sp³-hybridized carbons (Fsp3) is 1.00. The first kappa shape index (κ1) is 16.9. The Morgan fingerprint density at radius 3 is 1.84 bits per heavy atom. The monoisotopic (exact) mass is 272 g/mol. The predicted octanol–water partition coefficient (Wildman–Crippen LogP) is 1.22. The van der Waals surface area contributed by atoms with Crippen molar-refractivity contribution in [1.82, 2.24) is 10.2 Å². The molecule has 0 spiro atoms. The van der Waals surface area contributed by atoms with Gasteiger partial charge in [0.1, 0.15) is 0 Å². The lowest BCUT2D eigenvalue weighted by Gasteiger charge is -2.47. The largest absolute Gasteiger partial charge is 0.395 e. The van der Waals surface area contributed by atoms with E-state index in [0.717, 1.165) is 13.0 Å². The zero-order valence-corrected chi connectivity index (χ0v) is 13.1. The highest BCUT2D eigenvalue weighted by Crippen LogP contribution is 2.34. The Labute approximate surface area is 118 Å². The van der Waals surface area contributed by atoms with E-state index in [1.807, 2.05) is 0 Å². The smallest absolute Gasteiger partial charge is 0.0558 e. The van der Waals surface area contributed by atoms with Crippen LogP contribution in [0, 0.1) is 5.92 Å². The van der Waals surface area contributed by atoms with Gasteiger partial charge in [-0.2, -0.15) is 0 Å². The lowest BCUT2D eigenvalue weighted by molar-refractivity contribution is 0.104. The molecule has 0 amide bonds. The predicted molar refractivity (Wildman–Crippen MR) is 79.2 cm³/mol. The molecule has 1 rings (SSSR count). The molecule has 0 atom stereocenters. The van der Waals surface area contributed by atoms with Crippen LogP contribution in [0.25, 0.3) is 0 Å². The summed E-state index contributed by atoms with van der Waals surface area (Å²) in [6.45, 7) is 11.8. The van der Waals surface area contributed by atoms with Gasteiger partial charge in [0.05, 0.1) is 13.2 Å². The van der Waals surface area contributed by atoms with E-state index in [1.54, 1.807) is 0 Å². The number of aliphatic hydroxyl groups is 2. The molecule has 1 fully saturated rings. The van der Waals surface area contributed by atoms with Crippen molar-refractivity contribution in [3.63, 3.8) is 0 Å². The van der Waals surface area contributed by atoms with Crippen molar-refractivity contribution in [2.75, 3.05) is 32.8 Å². The molecule has 0 aromatic carbocycles. The fourth-order valence-corrected chi connectivity index (χ4v) is 3.72. The average molecular weight is 272 g/mol. The highest BCUT2D eigenvalue weighted by Gasteiger charge is 2.37. The molecule has 4 heteroatoms. The van der Waals surface area contributed by atoms with E-state index in [2.05, 4.69) is 37.9 Å². The van der Waals surface area contributed by atoms with Crippen molar-refractivity contribution in [2.45, 2.75) is 58.0 Å². The first-order valence-electron chi connectivity index (χ1n) is 7.51. The Balaban J connectivity index is 2.46. The number of aliphatic hydroxyl groups excluding tert-OH is 2. The van der Waals surface area contributed by atoms with Gasteiger partial charge in [0.15, 0.2) is 0 Å². The standard InChI is InChI=1S/C15H32N2O2/c1-14(2)11-13(12-15(3,4)16-14)5-6-17(7-9-18)8-10-19/h13,16,18-19H,5-12H2,1-4H3. The van der Waals surface area contributed by atoms with E-state index in [0.29, 0.717) is 19.0 Å². The van der Waals surface area contributed by atoms with Gasteiger partial charge in [0.25, 0.3) is 0 Å². The van der Waals surface area contributed by atoms with Gasteiger partial charge >= 0.3 is 0 Å². The normalized spacial score (nSPS) is 22.9. The van der Waals surface area contributed by atoms with Crippen LogP contribution in [0.4, 0.5) is 0 Å². The molecule has 0 unspecified atom stereocenters. The van der Waals surface area contributed by atoms with Crippen LogP contribution in [0.5, 0.6) is 0 Å². The summed E-state index contributed by atoms with van der Waals surface area (Å²) in [4.78, 5) is 2.15. The van der Waals surface area contributed by atoms with Gasteiger partial charge in [-0.25, -0.2) is 0 Å². The van der Waals surface area contributed by atoms with Crippen LogP contribution in [0.15, 0.2) is 0 Å². The van der Waals surface area contributed by atoms with Gasteiger partial charge in [-0.3, -0.25) is 4.90 Å². The molecule has 1 aliphatic rings. The molecule has 1 aliphatic heterocycles. The van der Waals surface area contributed by atoms with Crippen molar-refractivity contribution in [2.24, 2.45) is 5.92 Å². The van der Waals surface area contributed by atoms with Gasteiger partial charge in [-0.1, -0.05) is 0 Å². The van der Waals surface area contributed by atoms with Gasteiger partial charge in [-0.05, 0) is 59.4 Å². The fourth-order valence-electron chi connectivity index (χ4n) is 3.72. The molecule has 0 aromatic rings. The minimum absolute atomic E-state index is 0.170. The molecular weight excluding hydrogens is 240 g/mol. The lowest BCUT2D eigenvalue weighted by atomic mass is 9.74. The third kappa shape index (κ3) is 6.21. The van der Waals surface area contributed by atoms with Crippen LogP contribution in [0.3, 0.4) is 0 Å². The van der Waals surface area contributed by atoms with E-state index >= 15 is 0 Å². The maximum Gasteiger partial charge on any atom is 0.0558 e. The second-order valence-corrected chi connectivity index (χ2v) is 7.24. The molecule has 1 heterocycles. The summed E-state index contributed by atoms with van der Waals surface area (Å²) < 4.78 is 0. The molecule has 0 aliphatic carbocycles. The summed E-state index contributed by atoms with van der Waals surface area (Å²) in [5, 5.41) is 21.8. The van der Waals surface area contributed by atoms with Gasteiger partial charge in [0.2, 0.25) is 0 Å². The number of nitrogens with one attached hydrogen (secondary N) is 1. The number of hydrogen-bond acceptors (Lipinski definition) is 4. The van der Waals surface area contributed by atoms with Crippen molar-refractivity contribution in [3.8, 4) is 0 Å². The van der Waals surface area contributed by atoms with E-state index in [4.69, 9.17) is 10.2 Å². The topological polar surface area (TPSA) is 55.7 Å². The summed E-state index contributed by atoms with van der Waals surface area (Å²) in [5.41, 5.74) is 0.399. The Hall–Kier alpha value is -0.160. The van der Waals surface area contributed by atoms with E-state index in [1.165, 1.54) is 12.8 Å². The van der Waals surface area contributed by atoms with Crippen LogP contribution in [0.2, 0.25) is 0 Å². The minimum atomic E-state index is 0.170. The molecule has 1 saturated heterocycles. The number of nitrogens with zero attached hydrogens (tertiary/aromatic N) is 1. The maximum atomic E-state index is 9.03. The SMILES string of the molecule is CC1(C)CC(CCN(CCO)CCO)CC(C)(C)N1. The second-order valence-electron chi connectivity index (χ2n) is 7.24. The van der Waals surface area contributed by atoms with Crippen molar-refractivity contribution in [3.05, 3.63) is 0 Å². The molecular formula is C15H32N2O2. The van der Waals surface area contributed by atoms with Crippen LogP contribution in [-0.2, 0) is 0 Å². The second kappa shape index (κ2) is 7.02. The minimum Gasteiger partial charge on any atom is -0.395 e. The molecule has 19 heavy (non-hydrogen) atoms. The Kier molecular flexibility index (Phi) is 6.24. The number of piperidine rings is 1. The molecule has 114 valence electrons. The van der Waals surface area contributed by atoms with Gasteiger partial charge in [0, 0.05) is 24.2 Å². The molecule has 3 N–H and O–H groups in total. The molecule has 4 nitrogen and oxygen atoms in total. The van der Waals surface area contributed by atoms with Gasteiger partial charge in [-0.15, -0.1) is 0 Å². The summed E-state index contributed by atoms with van der Waals surface area (Å²) in [6.07, 6.45) is 3.54. The highest BCUT2D eigenvalue weighted by atomic mass is 16.3. The van der Waals surface area contributed by atoms with Crippen LogP contribution in [-0.4, -0.2) is 59.0 Å². The quantitative estimate of drug-likeness (QED) is 0.652. The van der Waals surface area contributed by atoms with Crippen molar-refractivity contribution >= 4 is 0 Å². The van der Waals surface area contributed by atoms with Crippen LogP contribution in [0.1, 0.15) is 47.0 Å². The first-order valence-corrected chi connectivity index (χ1v) is 7.51. The summed E-state index contributed by atoms with van der Waals surface area (Å²) in [6, 6.07) is 0. The molecule has 0 aromatic heterocycles. The average Bonchev–Trinajstić information content (AvgIpc) is 2.22. The van der Waals surface area contributed by atoms with E-state index < -0.39 is 0 Å². The highest BCUT2D eigenvalue weighted by molar-refractivity contribution is 4.96. The number of hydrogen-bond donors (Lipinski definition) is 3. The zero-order valence-electron chi connectivity index (χ0n) is 13.1. The molecule has 0 radical (unpaired) electrons. The third-order valence-corrected chi connectivity index (χ3v) is 3.96. The van der Waals surface area contributed by atoms with Crippen molar-refractivity contribution < 1.29 is 10.2 Å². The first-order chi connectivity index (χ1) is 8.78. The lowest BCUT2D eigenvalue weighted by Crippen LogP contribution is -2.58. The summed E-state index contributed by atoms with van der Waals surface area (Å²) in [5.74, 6) is 0.714. The Bertz CT molecular complexity index is 245. The van der Waals surface area contributed by atoms with E-state index in [9.17, 15) is 0 Å². The van der Waals surface area contributed by atoms with E-state index in [-0.39, 0.29) is 24.3 Å². The van der Waals surface area contributed by atoms with Crippen LogP contribution < -0.4 is 5.32 Å². The number of rotatable bonds is 7. The third-order valence-electron chi connectivity index (χ3n) is 3.96. The van der Waals surface area contributed by atoms with Gasteiger partial charge < -0.3 is 15.5 Å². The maximum absolute atomic E-state index is 9.03. The summed E-state index contributed by atoms with van der Waals surface area (Å²) in [7, 11) is 0. The summed E-state index contributed by atoms with van der Waals surface area (Å²) >= 11 is 0.